The molecule has 0 aliphatic heterocycles. The van der Waals surface area contributed by atoms with Gasteiger partial charge in [-0.25, -0.2) is 0 Å². The number of ketones is 1. The summed E-state index contributed by atoms with van der Waals surface area (Å²) in [5.74, 6) is -0.292. The van der Waals surface area contributed by atoms with Crippen molar-refractivity contribution in [2.75, 3.05) is 5.32 Å². The summed E-state index contributed by atoms with van der Waals surface area (Å²) in [6.45, 7) is 2.67. The molecule has 2 N–H and O–H groups in total. The molecule has 0 aliphatic rings. The van der Waals surface area contributed by atoms with Gasteiger partial charge in [0, 0.05) is 18.6 Å². The number of aromatic amines is 1. The van der Waals surface area contributed by atoms with Crippen molar-refractivity contribution in [3.8, 4) is 0 Å². The van der Waals surface area contributed by atoms with Gasteiger partial charge >= 0.3 is 0 Å². The van der Waals surface area contributed by atoms with Crippen LogP contribution in [-0.4, -0.2) is 16.7 Å². The first-order valence-corrected chi connectivity index (χ1v) is 4.02. The summed E-state index contributed by atoms with van der Waals surface area (Å²) in [4.78, 5) is 35.1. The van der Waals surface area contributed by atoms with Gasteiger partial charge in [-0.15, -0.1) is 0 Å². The molecule has 0 bridgehead atoms. The highest BCUT2D eigenvalue weighted by Crippen LogP contribution is 2.04. The minimum Gasteiger partial charge on any atom is -0.312 e. The Hall–Kier alpha value is -1.91. The fourth-order valence-electron chi connectivity index (χ4n) is 1.00. The molecule has 0 saturated heterocycles. The molecule has 5 heteroatoms. The second kappa shape index (κ2) is 3.87. The lowest BCUT2D eigenvalue weighted by Crippen LogP contribution is -2.15. The van der Waals surface area contributed by atoms with Crippen LogP contribution in [0.4, 0.5) is 5.82 Å². The lowest BCUT2D eigenvalue weighted by atomic mass is 10.2. The third kappa shape index (κ3) is 2.55. The van der Waals surface area contributed by atoms with Crippen LogP contribution in [0, 0.1) is 0 Å². The Bertz CT molecular complexity index is 434. The molecule has 1 aromatic rings. The number of nitrogens with one attached hydrogen (secondary N) is 2. The second-order valence-electron chi connectivity index (χ2n) is 2.88. The number of Topliss-reactive ketones (excluding diaryl/α,β-unsaturated/α-hetero) is 1. The van der Waals surface area contributed by atoms with Gasteiger partial charge in [0.25, 0.3) is 0 Å². The molecule has 1 heterocycles. The van der Waals surface area contributed by atoms with Crippen LogP contribution in [0.15, 0.2) is 16.9 Å². The van der Waals surface area contributed by atoms with Crippen LogP contribution in [0.5, 0.6) is 0 Å². The molecule has 1 amide bonds. The Morgan fingerprint density at radius 3 is 2.43 bits per heavy atom. The molecule has 1 aromatic heterocycles. The maximum Gasteiger partial charge on any atom is 0.250 e. The van der Waals surface area contributed by atoms with Crippen molar-refractivity contribution < 1.29 is 9.59 Å². The van der Waals surface area contributed by atoms with Crippen LogP contribution in [0.25, 0.3) is 0 Å². The maximum absolute atomic E-state index is 11.0. The average Bonchev–Trinajstić information content (AvgIpc) is 2.01. The van der Waals surface area contributed by atoms with Crippen molar-refractivity contribution in [3.63, 3.8) is 0 Å². The van der Waals surface area contributed by atoms with Gasteiger partial charge in [0.1, 0.15) is 5.82 Å². The number of hydrogen-bond acceptors (Lipinski definition) is 3. The number of aromatic nitrogens is 1. The Morgan fingerprint density at radius 2 is 1.93 bits per heavy atom. The number of pyridine rings is 1. The molecule has 14 heavy (non-hydrogen) atoms. The number of carbonyl (C=O) groups excluding carboxylic acids is 2. The number of rotatable bonds is 2. The molecule has 0 unspecified atom stereocenters. The van der Waals surface area contributed by atoms with E-state index in [2.05, 4.69) is 10.3 Å². The molecule has 0 saturated carbocycles. The monoisotopic (exact) mass is 194 g/mol. The molecule has 0 aliphatic carbocycles. The topological polar surface area (TPSA) is 79.0 Å². The summed E-state index contributed by atoms with van der Waals surface area (Å²) < 4.78 is 0. The summed E-state index contributed by atoms with van der Waals surface area (Å²) in [6.07, 6.45) is 0. The fourth-order valence-corrected chi connectivity index (χ4v) is 1.00. The minimum absolute atomic E-state index is 0.220. The van der Waals surface area contributed by atoms with Crippen molar-refractivity contribution in [3.05, 3.63) is 28.0 Å². The van der Waals surface area contributed by atoms with Crippen LogP contribution in [-0.2, 0) is 4.79 Å². The zero-order valence-electron chi connectivity index (χ0n) is 7.88. The number of H-pyrrole nitrogens is 1. The quantitative estimate of drug-likeness (QED) is 0.674. The van der Waals surface area contributed by atoms with Crippen LogP contribution in [0.2, 0.25) is 0 Å². The molecule has 0 spiro atoms. The third-order valence-corrected chi connectivity index (χ3v) is 1.56. The van der Waals surface area contributed by atoms with Crippen molar-refractivity contribution in [2.24, 2.45) is 0 Å². The number of hydrogen-bond donors (Lipinski definition) is 2. The minimum atomic E-state index is -0.415. The molecule has 1 rings (SSSR count). The molecular formula is C9H10N2O3. The summed E-state index contributed by atoms with van der Waals surface area (Å²) in [5.41, 5.74) is -0.140. The first-order chi connectivity index (χ1) is 6.49. The normalized spacial score (nSPS) is 9.57. The Balaban J connectivity index is 3.13. The van der Waals surface area contributed by atoms with E-state index in [1.807, 2.05) is 0 Å². The lowest BCUT2D eigenvalue weighted by molar-refractivity contribution is -0.114. The first-order valence-electron chi connectivity index (χ1n) is 4.02. The van der Waals surface area contributed by atoms with Crippen molar-refractivity contribution in [2.45, 2.75) is 13.8 Å². The predicted molar refractivity (Wildman–Crippen MR) is 51.4 cm³/mol. The Kier molecular flexibility index (Phi) is 2.81. The zero-order valence-corrected chi connectivity index (χ0v) is 7.88. The van der Waals surface area contributed by atoms with Crippen LogP contribution in [0.1, 0.15) is 24.2 Å². The SMILES string of the molecule is CC(=O)Nc1cc(C(C)=O)cc(=O)[nH]1. The number of amides is 1. The summed E-state index contributed by atoms with van der Waals surface area (Å²) in [6, 6.07) is 2.61. The van der Waals surface area contributed by atoms with Crippen molar-refractivity contribution in [1.29, 1.82) is 0 Å². The number of anilines is 1. The maximum atomic E-state index is 11.0. The van der Waals surface area contributed by atoms with Gasteiger partial charge in [-0.1, -0.05) is 0 Å². The summed E-state index contributed by atoms with van der Waals surface area (Å²) in [5, 5.41) is 2.39. The largest absolute Gasteiger partial charge is 0.312 e. The summed E-state index contributed by atoms with van der Waals surface area (Å²) in [7, 11) is 0. The average molecular weight is 194 g/mol. The molecule has 5 nitrogen and oxygen atoms in total. The molecule has 0 radical (unpaired) electrons. The molecule has 0 atom stereocenters. The van der Waals surface area contributed by atoms with Crippen molar-refractivity contribution in [1.82, 2.24) is 4.98 Å². The van der Waals surface area contributed by atoms with E-state index in [9.17, 15) is 14.4 Å². The van der Waals surface area contributed by atoms with Gasteiger partial charge in [-0.2, -0.15) is 0 Å². The van der Waals surface area contributed by atoms with Gasteiger partial charge in [0.2, 0.25) is 11.5 Å². The molecule has 0 fully saturated rings. The van der Waals surface area contributed by atoms with Gasteiger partial charge < -0.3 is 10.3 Å². The summed E-state index contributed by atoms with van der Waals surface area (Å²) >= 11 is 0. The van der Waals surface area contributed by atoms with E-state index in [-0.39, 0.29) is 23.1 Å². The number of carbonyl (C=O) groups is 2. The van der Waals surface area contributed by atoms with Crippen LogP contribution in [0.3, 0.4) is 0 Å². The van der Waals surface area contributed by atoms with E-state index >= 15 is 0 Å². The van der Waals surface area contributed by atoms with E-state index in [4.69, 9.17) is 0 Å². The second-order valence-corrected chi connectivity index (χ2v) is 2.88. The zero-order chi connectivity index (χ0) is 10.7. The van der Waals surface area contributed by atoms with Crippen molar-refractivity contribution >= 4 is 17.5 Å². The lowest BCUT2D eigenvalue weighted by Gasteiger charge is -2.02. The van der Waals surface area contributed by atoms with Gasteiger partial charge in [-0.3, -0.25) is 14.4 Å². The molecule has 0 aromatic carbocycles. The van der Waals surface area contributed by atoms with E-state index in [0.29, 0.717) is 0 Å². The highest BCUT2D eigenvalue weighted by Gasteiger charge is 2.03. The predicted octanol–water partition coefficient (Wildman–Crippen LogP) is 0.536. The molecular weight excluding hydrogens is 184 g/mol. The first kappa shape index (κ1) is 10.2. The van der Waals surface area contributed by atoms with Crippen LogP contribution < -0.4 is 10.9 Å². The molecule has 74 valence electrons. The van der Waals surface area contributed by atoms with Crippen LogP contribution >= 0.6 is 0 Å². The van der Waals surface area contributed by atoms with Gasteiger partial charge in [-0.05, 0) is 13.0 Å². The van der Waals surface area contributed by atoms with Gasteiger partial charge in [0.05, 0.1) is 0 Å². The third-order valence-electron chi connectivity index (χ3n) is 1.56. The van der Waals surface area contributed by atoms with Gasteiger partial charge in [0.15, 0.2) is 5.78 Å². The fraction of sp³-hybridized carbons (Fsp3) is 0.222. The Morgan fingerprint density at radius 1 is 1.29 bits per heavy atom. The highest BCUT2D eigenvalue weighted by atomic mass is 16.2. The van der Waals surface area contributed by atoms with E-state index in [0.717, 1.165) is 0 Å². The van der Waals surface area contributed by atoms with E-state index < -0.39 is 5.56 Å². The smallest absolute Gasteiger partial charge is 0.250 e. The standard InChI is InChI=1S/C9H10N2O3/c1-5(12)7-3-8(10-6(2)13)11-9(14)4-7/h3-4H,1-2H3,(H2,10,11,13,14). The van der Waals surface area contributed by atoms with E-state index in [1.165, 1.54) is 26.0 Å². The van der Waals surface area contributed by atoms with E-state index in [1.54, 1.807) is 0 Å². The highest BCUT2D eigenvalue weighted by molar-refractivity contribution is 5.95. The Labute approximate surface area is 80.1 Å².